The second kappa shape index (κ2) is 5.66. The van der Waals surface area contributed by atoms with Crippen LogP contribution in [0, 0.1) is 12.3 Å². The molecule has 0 radical (unpaired) electrons. The molecule has 1 rings (SSSR count). The third kappa shape index (κ3) is 3.67. The van der Waals surface area contributed by atoms with E-state index in [1.165, 1.54) is 5.56 Å². The van der Waals surface area contributed by atoms with Crippen LogP contribution in [0.1, 0.15) is 61.5 Å². The summed E-state index contributed by atoms with van der Waals surface area (Å²) in [7, 11) is 0. The average molecular weight is 247 g/mol. The smallest absolute Gasteiger partial charge is 0.163 e. The van der Waals surface area contributed by atoms with Crippen LogP contribution < -0.4 is 5.73 Å². The van der Waals surface area contributed by atoms with Crippen molar-refractivity contribution in [2.45, 2.75) is 47.0 Å². The monoisotopic (exact) mass is 247 g/mol. The molecule has 1 aromatic rings. The Hall–Kier alpha value is -1.15. The van der Waals surface area contributed by atoms with Gasteiger partial charge in [-0.2, -0.15) is 0 Å². The van der Waals surface area contributed by atoms with E-state index in [2.05, 4.69) is 19.9 Å². The maximum absolute atomic E-state index is 12.4. The summed E-state index contributed by atoms with van der Waals surface area (Å²) in [4.78, 5) is 12.4. The number of aryl methyl sites for hydroxylation is 1. The summed E-state index contributed by atoms with van der Waals surface area (Å²) in [5.74, 6) is 0.644. The van der Waals surface area contributed by atoms with Crippen molar-refractivity contribution in [2.24, 2.45) is 11.1 Å². The van der Waals surface area contributed by atoms with Gasteiger partial charge >= 0.3 is 0 Å². The van der Waals surface area contributed by atoms with Gasteiger partial charge < -0.3 is 5.73 Å². The molecule has 1 aromatic carbocycles. The highest BCUT2D eigenvalue weighted by Crippen LogP contribution is 2.25. The molecule has 0 amide bonds. The molecule has 0 atom stereocenters. The molecule has 0 bridgehead atoms. The SMILES string of the molecule is Cc1ccc(C(C)C)cc1C(=O)CC(C)(C)CN. The lowest BCUT2D eigenvalue weighted by atomic mass is 9.84. The number of benzene rings is 1. The Morgan fingerprint density at radius 3 is 2.44 bits per heavy atom. The summed E-state index contributed by atoms with van der Waals surface area (Å²) >= 11 is 0. The molecule has 0 spiro atoms. The van der Waals surface area contributed by atoms with E-state index in [1.54, 1.807) is 0 Å². The molecule has 18 heavy (non-hydrogen) atoms. The molecule has 100 valence electrons. The van der Waals surface area contributed by atoms with Crippen LogP contribution in [0.2, 0.25) is 0 Å². The molecule has 2 N–H and O–H groups in total. The zero-order valence-electron chi connectivity index (χ0n) is 12.2. The zero-order chi connectivity index (χ0) is 13.9. The molecule has 0 saturated heterocycles. The van der Waals surface area contributed by atoms with E-state index in [-0.39, 0.29) is 11.2 Å². The van der Waals surface area contributed by atoms with Crippen LogP contribution in [0.5, 0.6) is 0 Å². The Labute approximate surface area is 111 Å². The van der Waals surface area contributed by atoms with Crippen molar-refractivity contribution in [3.63, 3.8) is 0 Å². The molecule has 2 heteroatoms. The number of carbonyl (C=O) groups is 1. The van der Waals surface area contributed by atoms with Gasteiger partial charge in [0.2, 0.25) is 0 Å². The molecular formula is C16H25NO. The maximum atomic E-state index is 12.4. The highest BCUT2D eigenvalue weighted by atomic mass is 16.1. The van der Waals surface area contributed by atoms with E-state index < -0.39 is 0 Å². The van der Waals surface area contributed by atoms with Crippen molar-refractivity contribution in [1.82, 2.24) is 0 Å². The molecule has 0 unspecified atom stereocenters. The molecular weight excluding hydrogens is 222 g/mol. The molecule has 0 aliphatic rings. The number of rotatable bonds is 5. The van der Waals surface area contributed by atoms with Gasteiger partial charge in [-0.1, -0.05) is 39.8 Å². The summed E-state index contributed by atoms with van der Waals surface area (Å²) < 4.78 is 0. The first-order chi connectivity index (χ1) is 8.26. The van der Waals surface area contributed by atoms with Crippen LogP contribution in [0.25, 0.3) is 0 Å². The highest BCUT2D eigenvalue weighted by Gasteiger charge is 2.22. The highest BCUT2D eigenvalue weighted by molar-refractivity contribution is 5.98. The Balaban J connectivity index is 3.02. The van der Waals surface area contributed by atoms with Crippen molar-refractivity contribution in [1.29, 1.82) is 0 Å². The first-order valence-electron chi connectivity index (χ1n) is 6.60. The van der Waals surface area contributed by atoms with Crippen molar-refractivity contribution in [3.05, 3.63) is 34.9 Å². The normalized spacial score (nSPS) is 11.9. The van der Waals surface area contributed by atoms with E-state index in [9.17, 15) is 4.79 Å². The van der Waals surface area contributed by atoms with E-state index >= 15 is 0 Å². The number of carbonyl (C=O) groups excluding carboxylic acids is 1. The molecule has 0 aliphatic heterocycles. The van der Waals surface area contributed by atoms with E-state index in [0.717, 1.165) is 11.1 Å². The second-order valence-corrected chi connectivity index (χ2v) is 6.20. The Kier molecular flexibility index (Phi) is 4.69. The van der Waals surface area contributed by atoms with Gasteiger partial charge in [0.15, 0.2) is 5.78 Å². The number of Topliss-reactive ketones (excluding diaryl/α,β-unsaturated/α-hetero) is 1. The lowest BCUT2D eigenvalue weighted by Gasteiger charge is -2.22. The van der Waals surface area contributed by atoms with E-state index in [0.29, 0.717) is 18.9 Å². The predicted octanol–water partition coefficient (Wildman–Crippen LogP) is 3.68. The summed E-state index contributed by atoms with van der Waals surface area (Å²) in [5.41, 5.74) is 8.69. The van der Waals surface area contributed by atoms with Crippen molar-refractivity contribution < 1.29 is 4.79 Å². The fraction of sp³-hybridized carbons (Fsp3) is 0.562. The number of nitrogens with two attached hydrogens (primary N) is 1. The minimum Gasteiger partial charge on any atom is -0.330 e. The maximum Gasteiger partial charge on any atom is 0.163 e. The number of hydrogen-bond acceptors (Lipinski definition) is 2. The van der Waals surface area contributed by atoms with Crippen LogP contribution in [0.4, 0.5) is 0 Å². The van der Waals surface area contributed by atoms with Gasteiger partial charge in [-0.15, -0.1) is 0 Å². The van der Waals surface area contributed by atoms with Gasteiger partial charge in [0.05, 0.1) is 0 Å². The van der Waals surface area contributed by atoms with Crippen LogP contribution in [0.3, 0.4) is 0 Å². The molecule has 2 nitrogen and oxygen atoms in total. The Bertz CT molecular complexity index is 433. The third-order valence-electron chi connectivity index (χ3n) is 3.42. The first-order valence-corrected chi connectivity index (χ1v) is 6.60. The fourth-order valence-electron chi connectivity index (χ4n) is 1.90. The van der Waals surface area contributed by atoms with Crippen molar-refractivity contribution in [3.8, 4) is 0 Å². The van der Waals surface area contributed by atoms with Gasteiger partial charge in [0.25, 0.3) is 0 Å². The first kappa shape index (κ1) is 14.9. The van der Waals surface area contributed by atoms with Gasteiger partial charge in [-0.25, -0.2) is 0 Å². The van der Waals surface area contributed by atoms with E-state index in [1.807, 2.05) is 32.9 Å². The van der Waals surface area contributed by atoms with Gasteiger partial charge in [-0.05, 0) is 42.0 Å². The minimum absolute atomic E-state index is 0.128. The van der Waals surface area contributed by atoms with Crippen molar-refractivity contribution >= 4 is 5.78 Å². The lowest BCUT2D eigenvalue weighted by molar-refractivity contribution is 0.0934. The largest absolute Gasteiger partial charge is 0.330 e. The third-order valence-corrected chi connectivity index (χ3v) is 3.42. The molecule has 0 saturated carbocycles. The second-order valence-electron chi connectivity index (χ2n) is 6.20. The van der Waals surface area contributed by atoms with Crippen LogP contribution in [-0.2, 0) is 0 Å². The number of hydrogen-bond donors (Lipinski definition) is 1. The lowest BCUT2D eigenvalue weighted by Crippen LogP contribution is -2.27. The predicted molar refractivity (Wildman–Crippen MR) is 77.1 cm³/mol. The quantitative estimate of drug-likeness (QED) is 0.807. The summed E-state index contributed by atoms with van der Waals surface area (Å²) in [6.45, 7) is 10.9. The Morgan fingerprint density at radius 1 is 1.33 bits per heavy atom. The Morgan fingerprint density at radius 2 is 1.94 bits per heavy atom. The topological polar surface area (TPSA) is 43.1 Å². The summed E-state index contributed by atoms with van der Waals surface area (Å²) in [5, 5.41) is 0. The van der Waals surface area contributed by atoms with E-state index in [4.69, 9.17) is 5.73 Å². The summed E-state index contributed by atoms with van der Waals surface area (Å²) in [6.07, 6.45) is 0.506. The number of ketones is 1. The summed E-state index contributed by atoms with van der Waals surface area (Å²) in [6, 6.07) is 6.18. The fourth-order valence-corrected chi connectivity index (χ4v) is 1.90. The van der Waals surface area contributed by atoms with Gasteiger partial charge in [0, 0.05) is 12.0 Å². The van der Waals surface area contributed by atoms with Gasteiger partial charge in [-0.3, -0.25) is 4.79 Å². The van der Waals surface area contributed by atoms with Gasteiger partial charge in [0.1, 0.15) is 0 Å². The zero-order valence-corrected chi connectivity index (χ0v) is 12.2. The van der Waals surface area contributed by atoms with Crippen molar-refractivity contribution in [2.75, 3.05) is 6.54 Å². The van der Waals surface area contributed by atoms with Crippen LogP contribution >= 0.6 is 0 Å². The molecule has 0 aliphatic carbocycles. The molecule has 0 fully saturated rings. The molecule has 0 heterocycles. The van der Waals surface area contributed by atoms with Crippen LogP contribution in [0.15, 0.2) is 18.2 Å². The van der Waals surface area contributed by atoms with Crippen LogP contribution in [-0.4, -0.2) is 12.3 Å². The average Bonchev–Trinajstić information content (AvgIpc) is 2.28. The molecule has 0 aromatic heterocycles. The minimum atomic E-state index is -0.128. The standard InChI is InChI=1S/C16H25NO/c1-11(2)13-7-6-12(3)14(8-13)15(18)9-16(4,5)10-17/h6-8,11H,9-10,17H2,1-5H3.